The van der Waals surface area contributed by atoms with Gasteiger partial charge in [-0.05, 0) is 31.2 Å². The lowest BCUT2D eigenvalue weighted by Crippen LogP contribution is -1.94. The molecule has 2 aromatic carbocycles. The van der Waals surface area contributed by atoms with Crippen molar-refractivity contribution in [2.45, 2.75) is 6.92 Å². The molecule has 1 N–H and O–H groups in total. The van der Waals surface area contributed by atoms with Crippen LogP contribution in [0, 0.1) is 6.92 Å². The molecule has 0 atom stereocenters. The molecule has 0 amide bonds. The van der Waals surface area contributed by atoms with E-state index in [1.165, 1.54) is 12.1 Å². The number of hydrogen-bond acceptors (Lipinski definition) is 6. The summed E-state index contributed by atoms with van der Waals surface area (Å²) in [5.41, 5.74) is 2.96. The van der Waals surface area contributed by atoms with Crippen LogP contribution in [0.1, 0.15) is 16.1 Å². The lowest BCUT2D eigenvalue weighted by Gasteiger charge is -1.98. The molecule has 0 unspecified atom stereocenters. The SMILES string of the molecule is Cc1onc(-c2ccccc2)c1-c1nnc(-c2ccc(C(=O)O)cc2)o1. The molecule has 4 rings (SSSR count). The van der Waals surface area contributed by atoms with Gasteiger partial charge < -0.3 is 14.0 Å². The Hall–Kier alpha value is -3.74. The van der Waals surface area contributed by atoms with E-state index >= 15 is 0 Å². The van der Waals surface area contributed by atoms with E-state index in [4.69, 9.17) is 14.0 Å². The van der Waals surface area contributed by atoms with Crippen molar-refractivity contribution in [3.8, 4) is 34.2 Å². The van der Waals surface area contributed by atoms with Gasteiger partial charge in [-0.15, -0.1) is 10.2 Å². The van der Waals surface area contributed by atoms with Crippen LogP contribution in [0.2, 0.25) is 0 Å². The number of aromatic carboxylic acids is 1. The minimum atomic E-state index is -0.990. The molecule has 128 valence electrons. The Morgan fingerprint density at radius 1 is 0.923 bits per heavy atom. The molecule has 2 aromatic heterocycles. The van der Waals surface area contributed by atoms with E-state index in [-0.39, 0.29) is 11.5 Å². The van der Waals surface area contributed by atoms with Crippen molar-refractivity contribution >= 4 is 5.97 Å². The number of hydrogen-bond donors (Lipinski definition) is 1. The number of carboxylic acid groups (broad SMARTS) is 1. The number of aromatic nitrogens is 3. The maximum Gasteiger partial charge on any atom is 0.335 e. The molecule has 4 aromatic rings. The van der Waals surface area contributed by atoms with Crippen LogP contribution < -0.4 is 0 Å². The van der Waals surface area contributed by atoms with Gasteiger partial charge in [0, 0.05) is 11.1 Å². The van der Waals surface area contributed by atoms with Crippen molar-refractivity contribution in [2.24, 2.45) is 0 Å². The normalized spacial score (nSPS) is 10.8. The lowest BCUT2D eigenvalue weighted by molar-refractivity contribution is 0.0697. The van der Waals surface area contributed by atoms with Gasteiger partial charge >= 0.3 is 5.97 Å². The van der Waals surface area contributed by atoms with Gasteiger partial charge in [0.15, 0.2) is 0 Å². The van der Waals surface area contributed by atoms with Crippen LogP contribution >= 0.6 is 0 Å². The number of nitrogens with zero attached hydrogens (tertiary/aromatic N) is 3. The summed E-state index contributed by atoms with van der Waals surface area (Å²) in [6, 6.07) is 15.8. The highest BCUT2D eigenvalue weighted by molar-refractivity contribution is 5.88. The topological polar surface area (TPSA) is 102 Å². The van der Waals surface area contributed by atoms with Gasteiger partial charge in [-0.2, -0.15) is 0 Å². The summed E-state index contributed by atoms with van der Waals surface area (Å²) < 4.78 is 11.1. The molecule has 7 nitrogen and oxygen atoms in total. The van der Waals surface area contributed by atoms with E-state index in [1.807, 2.05) is 30.3 Å². The fraction of sp³-hybridized carbons (Fsp3) is 0.0526. The molecule has 0 saturated heterocycles. The predicted octanol–water partition coefficient (Wildman–Crippen LogP) is 4.07. The van der Waals surface area contributed by atoms with E-state index < -0.39 is 5.97 Å². The van der Waals surface area contributed by atoms with E-state index in [0.29, 0.717) is 28.5 Å². The standard InChI is InChI=1S/C19H13N3O4/c1-11-15(16(22-26-11)12-5-3-2-4-6-12)18-21-20-17(25-18)13-7-9-14(10-8-13)19(23)24/h2-10H,1H3,(H,23,24). The van der Waals surface area contributed by atoms with E-state index in [9.17, 15) is 4.79 Å². The molecule has 2 heterocycles. The van der Waals surface area contributed by atoms with Crippen LogP contribution in [0.25, 0.3) is 34.2 Å². The first-order valence-electron chi connectivity index (χ1n) is 7.83. The highest BCUT2D eigenvalue weighted by atomic mass is 16.5. The smallest absolute Gasteiger partial charge is 0.335 e. The van der Waals surface area contributed by atoms with E-state index in [0.717, 1.165) is 5.56 Å². The summed E-state index contributed by atoms with van der Waals surface area (Å²) in [5, 5.41) is 21.2. The Morgan fingerprint density at radius 3 is 2.31 bits per heavy atom. The summed E-state index contributed by atoms with van der Waals surface area (Å²) in [6.07, 6.45) is 0. The average molecular weight is 347 g/mol. The van der Waals surface area contributed by atoms with Gasteiger partial charge in [0.1, 0.15) is 17.0 Å². The average Bonchev–Trinajstić information content (AvgIpc) is 3.29. The minimum Gasteiger partial charge on any atom is -0.478 e. The maximum absolute atomic E-state index is 10.9. The Labute approximate surface area is 147 Å². The highest BCUT2D eigenvalue weighted by Crippen LogP contribution is 2.34. The van der Waals surface area contributed by atoms with Gasteiger partial charge in [-0.3, -0.25) is 0 Å². The lowest BCUT2D eigenvalue weighted by atomic mass is 10.1. The van der Waals surface area contributed by atoms with Gasteiger partial charge in [0.25, 0.3) is 5.89 Å². The van der Waals surface area contributed by atoms with Crippen LogP contribution in [0.4, 0.5) is 0 Å². The zero-order valence-corrected chi connectivity index (χ0v) is 13.7. The summed E-state index contributed by atoms with van der Waals surface area (Å²) in [6.45, 7) is 1.78. The molecule has 0 bridgehead atoms. The zero-order valence-electron chi connectivity index (χ0n) is 13.7. The molecule has 26 heavy (non-hydrogen) atoms. The second-order valence-electron chi connectivity index (χ2n) is 5.62. The van der Waals surface area contributed by atoms with Crippen LogP contribution in [0.5, 0.6) is 0 Å². The first-order chi connectivity index (χ1) is 12.6. The Balaban J connectivity index is 1.73. The van der Waals surface area contributed by atoms with Crippen LogP contribution in [0.3, 0.4) is 0 Å². The Morgan fingerprint density at radius 2 is 1.62 bits per heavy atom. The fourth-order valence-electron chi connectivity index (χ4n) is 2.61. The summed E-state index contributed by atoms with van der Waals surface area (Å²) in [4.78, 5) is 10.9. The molecule has 0 aliphatic rings. The second kappa shape index (κ2) is 6.29. The third-order valence-corrected chi connectivity index (χ3v) is 3.93. The number of carbonyl (C=O) groups is 1. The monoisotopic (exact) mass is 347 g/mol. The third-order valence-electron chi connectivity index (χ3n) is 3.93. The number of aryl methyl sites for hydroxylation is 1. The van der Waals surface area contributed by atoms with E-state index in [2.05, 4.69) is 15.4 Å². The molecule has 7 heteroatoms. The van der Waals surface area contributed by atoms with Crippen LogP contribution in [0.15, 0.2) is 63.5 Å². The zero-order chi connectivity index (χ0) is 18.1. The van der Waals surface area contributed by atoms with E-state index in [1.54, 1.807) is 19.1 Å². The quantitative estimate of drug-likeness (QED) is 0.593. The highest BCUT2D eigenvalue weighted by Gasteiger charge is 2.22. The first kappa shape index (κ1) is 15.8. The molecule has 0 radical (unpaired) electrons. The second-order valence-corrected chi connectivity index (χ2v) is 5.62. The molecule has 0 saturated carbocycles. The van der Waals surface area contributed by atoms with Crippen molar-refractivity contribution in [2.75, 3.05) is 0 Å². The van der Waals surface area contributed by atoms with Crippen molar-refractivity contribution in [3.05, 3.63) is 65.9 Å². The number of rotatable bonds is 4. The molecular weight excluding hydrogens is 334 g/mol. The van der Waals surface area contributed by atoms with Crippen molar-refractivity contribution in [3.63, 3.8) is 0 Å². The van der Waals surface area contributed by atoms with Crippen molar-refractivity contribution in [1.82, 2.24) is 15.4 Å². The third kappa shape index (κ3) is 2.75. The number of carboxylic acids is 1. The van der Waals surface area contributed by atoms with Gasteiger partial charge in [-0.25, -0.2) is 4.79 Å². The summed E-state index contributed by atoms with van der Waals surface area (Å²) in [7, 11) is 0. The molecule has 0 spiro atoms. The molecule has 0 fully saturated rings. The minimum absolute atomic E-state index is 0.190. The van der Waals surface area contributed by atoms with Crippen molar-refractivity contribution in [1.29, 1.82) is 0 Å². The predicted molar refractivity (Wildman–Crippen MR) is 92.4 cm³/mol. The molecule has 0 aliphatic carbocycles. The van der Waals surface area contributed by atoms with Gasteiger partial charge in [-0.1, -0.05) is 35.5 Å². The van der Waals surface area contributed by atoms with Gasteiger partial charge in [0.05, 0.1) is 5.56 Å². The summed E-state index contributed by atoms with van der Waals surface area (Å²) in [5.74, 6) is 0.159. The van der Waals surface area contributed by atoms with Gasteiger partial charge in [0.2, 0.25) is 5.89 Å². The Kier molecular flexibility index (Phi) is 3.81. The number of benzene rings is 2. The fourth-order valence-corrected chi connectivity index (χ4v) is 2.61. The van der Waals surface area contributed by atoms with Crippen LogP contribution in [-0.2, 0) is 0 Å². The Bertz CT molecular complexity index is 1070. The molecule has 0 aliphatic heterocycles. The first-order valence-corrected chi connectivity index (χ1v) is 7.83. The summed E-state index contributed by atoms with van der Waals surface area (Å²) >= 11 is 0. The van der Waals surface area contributed by atoms with Crippen LogP contribution in [-0.4, -0.2) is 26.4 Å². The molecular formula is C19H13N3O4. The largest absolute Gasteiger partial charge is 0.478 e. The maximum atomic E-state index is 10.9. The van der Waals surface area contributed by atoms with Crippen molar-refractivity contribution < 1.29 is 18.8 Å².